The molecule has 4 rings (SSSR count). The summed E-state index contributed by atoms with van der Waals surface area (Å²) in [6, 6.07) is 9.27. The smallest absolute Gasteiger partial charge is 0.296 e. The summed E-state index contributed by atoms with van der Waals surface area (Å²) in [7, 11) is -3.78. The molecule has 1 unspecified atom stereocenters. The zero-order chi connectivity index (χ0) is 16.7. The van der Waals surface area contributed by atoms with Gasteiger partial charge in [-0.25, -0.2) is 4.98 Å². The quantitative estimate of drug-likeness (QED) is 0.772. The van der Waals surface area contributed by atoms with E-state index >= 15 is 0 Å². The maximum absolute atomic E-state index is 12.9. The van der Waals surface area contributed by atoms with Crippen LogP contribution in [0.3, 0.4) is 0 Å². The molecule has 1 N–H and O–H groups in total. The number of hydrogen-bond acceptors (Lipinski definition) is 4. The molecule has 0 bridgehead atoms. The number of benzene rings is 1. The Balaban J connectivity index is 1.72. The van der Waals surface area contributed by atoms with Crippen LogP contribution in [0.15, 0.2) is 54.1 Å². The summed E-state index contributed by atoms with van der Waals surface area (Å²) in [5, 5.41) is 0.933. The summed E-state index contributed by atoms with van der Waals surface area (Å²) in [5.41, 5.74) is 1.08. The second-order valence-corrected chi connectivity index (χ2v) is 7.76. The number of pyridine rings is 1. The van der Waals surface area contributed by atoms with Crippen molar-refractivity contribution < 1.29 is 8.42 Å². The number of anilines is 1. The van der Waals surface area contributed by atoms with Crippen molar-refractivity contribution >= 4 is 26.6 Å². The van der Waals surface area contributed by atoms with Crippen molar-refractivity contribution in [2.24, 2.45) is 5.92 Å². The minimum Gasteiger partial charge on any atom is -0.317 e. The van der Waals surface area contributed by atoms with E-state index in [0.717, 1.165) is 18.2 Å². The number of imidazole rings is 1. The molecular formula is C17H18N4O2S. The number of nitrogens with zero attached hydrogens (tertiary/aromatic N) is 3. The second kappa shape index (κ2) is 5.59. The summed E-state index contributed by atoms with van der Waals surface area (Å²) in [5.74, 6) is 0.535. The predicted molar refractivity (Wildman–Crippen MR) is 92.2 cm³/mol. The molecule has 0 saturated heterocycles. The largest absolute Gasteiger partial charge is 0.317 e. The molecule has 1 aromatic carbocycles. The van der Waals surface area contributed by atoms with E-state index in [9.17, 15) is 8.42 Å². The Morgan fingerprint density at radius 1 is 1.17 bits per heavy atom. The van der Waals surface area contributed by atoms with Crippen molar-refractivity contribution in [2.45, 2.75) is 31.0 Å². The van der Waals surface area contributed by atoms with Gasteiger partial charge in [0.05, 0.1) is 11.2 Å². The molecule has 24 heavy (non-hydrogen) atoms. The van der Waals surface area contributed by atoms with E-state index in [4.69, 9.17) is 0 Å². The second-order valence-electron chi connectivity index (χ2n) is 6.18. The van der Waals surface area contributed by atoms with Gasteiger partial charge in [0.2, 0.25) is 5.16 Å². The molecule has 0 spiro atoms. The maximum atomic E-state index is 12.9. The lowest BCUT2D eigenvalue weighted by Crippen LogP contribution is -2.21. The average molecular weight is 342 g/mol. The summed E-state index contributed by atoms with van der Waals surface area (Å²) in [6.45, 7) is 2.04. The number of fused-ring (bicyclic) bond motifs is 1. The Kier molecular flexibility index (Phi) is 3.53. The molecule has 0 amide bonds. The highest BCUT2D eigenvalue weighted by Crippen LogP contribution is 2.40. The summed E-state index contributed by atoms with van der Waals surface area (Å²) >= 11 is 0. The minimum absolute atomic E-state index is 0.0508. The number of nitrogens with one attached hydrogen (secondary N) is 1. The lowest BCUT2D eigenvalue weighted by molar-refractivity contribution is 0.444. The molecule has 124 valence electrons. The first-order valence-electron chi connectivity index (χ1n) is 7.96. The Bertz CT molecular complexity index is 987. The normalized spacial score (nSPS) is 16.2. The van der Waals surface area contributed by atoms with Crippen LogP contribution in [0, 0.1) is 5.92 Å². The van der Waals surface area contributed by atoms with E-state index in [2.05, 4.69) is 14.7 Å². The fraction of sp³-hybridized carbons (Fsp3) is 0.294. The first-order chi connectivity index (χ1) is 11.6. The molecule has 3 aromatic rings. The van der Waals surface area contributed by atoms with Gasteiger partial charge in [0.25, 0.3) is 10.0 Å². The van der Waals surface area contributed by atoms with Crippen molar-refractivity contribution in [1.29, 1.82) is 0 Å². The van der Waals surface area contributed by atoms with Gasteiger partial charge in [0.15, 0.2) is 0 Å². The van der Waals surface area contributed by atoms with Gasteiger partial charge in [-0.05, 0) is 37.8 Å². The van der Waals surface area contributed by atoms with Gasteiger partial charge < -0.3 is 4.57 Å². The van der Waals surface area contributed by atoms with Crippen molar-refractivity contribution in [3.05, 3.63) is 48.9 Å². The Hall–Kier alpha value is -2.41. The van der Waals surface area contributed by atoms with E-state index in [0.29, 0.717) is 17.1 Å². The number of hydrogen-bond donors (Lipinski definition) is 1. The molecular weight excluding hydrogens is 324 g/mol. The van der Waals surface area contributed by atoms with Gasteiger partial charge in [0, 0.05) is 30.0 Å². The molecule has 1 fully saturated rings. The van der Waals surface area contributed by atoms with Gasteiger partial charge in [-0.15, -0.1) is 0 Å². The van der Waals surface area contributed by atoms with Crippen LogP contribution in [0.2, 0.25) is 0 Å². The van der Waals surface area contributed by atoms with Crippen molar-refractivity contribution in [3.8, 4) is 0 Å². The zero-order valence-corrected chi connectivity index (χ0v) is 14.1. The zero-order valence-electron chi connectivity index (χ0n) is 13.3. The third kappa shape index (κ3) is 2.65. The van der Waals surface area contributed by atoms with Gasteiger partial charge in [-0.3, -0.25) is 9.71 Å². The van der Waals surface area contributed by atoms with Crippen molar-refractivity contribution in [1.82, 2.24) is 14.5 Å². The summed E-state index contributed by atoms with van der Waals surface area (Å²) in [4.78, 5) is 8.38. The van der Waals surface area contributed by atoms with Crippen LogP contribution in [-0.2, 0) is 10.0 Å². The van der Waals surface area contributed by atoms with Gasteiger partial charge >= 0.3 is 0 Å². The fourth-order valence-electron chi connectivity index (χ4n) is 3.00. The van der Waals surface area contributed by atoms with Crippen LogP contribution in [0.5, 0.6) is 0 Å². The van der Waals surface area contributed by atoms with E-state index in [1.807, 2.05) is 25.1 Å². The molecule has 1 aliphatic rings. The monoisotopic (exact) mass is 342 g/mol. The Labute approximate surface area is 140 Å². The molecule has 2 heterocycles. The lowest BCUT2D eigenvalue weighted by atomic mass is 10.2. The average Bonchev–Trinajstić information content (AvgIpc) is 3.30. The molecule has 6 nitrogen and oxygen atoms in total. The Morgan fingerprint density at radius 3 is 2.75 bits per heavy atom. The third-order valence-corrected chi connectivity index (χ3v) is 5.78. The first kappa shape index (κ1) is 15.1. The maximum Gasteiger partial charge on any atom is 0.296 e. The summed E-state index contributed by atoms with van der Waals surface area (Å²) in [6.07, 6.45) is 7.20. The number of sulfonamides is 1. The highest BCUT2D eigenvalue weighted by molar-refractivity contribution is 7.92. The molecule has 0 radical (unpaired) electrons. The standard InChI is InChI=1S/C17H18N4O2S/c1-12(13-7-8-13)21-11-10-19-17(21)24(22,23)20-15-6-2-4-14-5-3-9-18-16(14)15/h2-6,9-13,20H,7-8H2,1H3. The van der Waals surface area contributed by atoms with E-state index in [1.165, 1.54) is 6.20 Å². The summed E-state index contributed by atoms with van der Waals surface area (Å²) < 4.78 is 30.1. The number of rotatable bonds is 5. The number of para-hydroxylation sites is 1. The molecule has 2 aromatic heterocycles. The lowest BCUT2D eigenvalue weighted by Gasteiger charge is -2.16. The third-order valence-electron chi connectivity index (χ3n) is 4.49. The Morgan fingerprint density at radius 2 is 1.96 bits per heavy atom. The predicted octanol–water partition coefficient (Wildman–Crippen LogP) is 3.20. The van der Waals surface area contributed by atoms with Gasteiger partial charge in [-0.2, -0.15) is 8.42 Å². The van der Waals surface area contributed by atoms with Crippen LogP contribution in [-0.4, -0.2) is 23.0 Å². The van der Waals surface area contributed by atoms with Crippen LogP contribution < -0.4 is 4.72 Å². The molecule has 1 aliphatic carbocycles. The van der Waals surface area contributed by atoms with E-state index in [-0.39, 0.29) is 11.2 Å². The highest BCUT2D eigenvalue weighted by Gasteiger charge is 2.32. The molecule has 1 saturated carbocycles. The van der Waals surface area contributed by atoms with Gasteiger partial charge in [-0.1, -0.05) is 18.2 Å². The van der Waals surface area contributed by atoms with E-state index in [1.54, 1.807) is 29.1 Å². The van der Waals surface area contributed by atoms with Crippen LogP contribution in [0.4, 0.5) is 5.69 Å². The topological polar surface area (TPSA) is 76.9 Å². The first-order valence-corrected chi connectivity index (χ1v) is 9.44. The van der Waals surface area contributed by atoms with Crippen molar-refractivity contribution in [3.63, 3.8) is 0 Å². The molecule has 0 aliphatic heterocycles. The van der Waals surface area contributed by atoms with Crippen molar-refractivity contribution in [2.75, 3.05) is 4.72 Å². The van der Waals surface area contributed by atoms with Crippen LogP contribution >= 0.6 is 0 Å². The SMILES string of the molecule is CC(C1CC1)n1ccnc1S(=O)(=O)Nc1cccc2cccnc12. The molecule has 1 atom stereocenters. The van der Waals surface area contributed by atoms with E-state index < -0.39 is 10.0 Å². The van der Waals surface area contributed by atoms with Crippen LogP contribution in [0.25, 0.3) is 10.9 Å². The fourth-order valence-corrected chi connectivity index (χ4v) is 4.25. The minimum atomic E-state index is -3.78. The number of aromatic nitrogens is 3. The molecule has 7 heteroatoms. The van der Waals surface area contributed by atoms with Gasteiger partial charge in [0.1, 0.15) is 0 Å². The van der Waals surface area contributed by atoms with Crippen LogP contribution in [0.1, 0.15) is 25.8 Å². The highest BCUT2D eigenvalue weighted by atomic mass is 32.2.